The Labute approximate surface area is 221 Å². The Kier molecular flexibility index (Phi) is 5.59. The van der Waals surface area contributed by atoms with Crippen LogP contribution < -0.4 is 9.64 Å². The quantitative estimate of drug-likeness (QED) is 0.297. The molecule has 36 heavy (non-hydrogen) atoms. The van der Waals surface area contributed by atoms with Gasteiger partial charge in [0.1, 0.15) is 11.2 Å². The number of methoxy groups -OCH3 is 1. The molecule has 9 heteroatoms. The van der Waals surface area contributed by atoms with Gasteiger partial charge in [-0.1, -0.05) is 28.1 Å². The fourth-order valence-corrected chi connectivity index (χ4v) is 6.29. The molecule has 0 radical (unpaired) electrons. The molecule has 0 spiro atoms. The molecule has 0 saturated carbocycles. The highest BCUT2D eigenvalue weighted by atomic mass is 79.9. The van der Waals surface area contributed by atoms with Crippen molar-refractivity contribution in [1.82, 2.24) is 9.88 Å². The lowest BCUT2D eigenvalue weighted by Crippen LogP contribution is -2.44. The number of aromatic amines is 1. The maximum absolute atomic E-state index is 13.9. The molecule has 0 aliphatic carbocycles. The molecule has 182 valence electrons. The largest absolute Gasteiger partial charge is 0.497 e. The van der Waals surface area contributed by atoms with E-state index in [9.17, 15) is 14.7 Å². The Morgan fingerprint density at radius 2 is 1.83 bits per heavy atom. The van der Waals surface area contributed by atoms with Crippen LogP contribution >= 0.6 is 28.6 Å². The van der Waals surface area contributed by atoms with Crippen LogP contribution in [0, 0.1) is 0 Å². The van der Waals surface area contributed by atoms with Gasteiger partial charge in [-0.05, 0) is 72.1 Å². The van der Waals surface area contributed by atoms with Crippen molar-refractivity contribution in [3.8, 4) is 5.75 Å². The number of carboxylic acids is 1. The highest BCUT2D eigenvalue weighted by molar-refractivity contribution is 9.10. The van der Waals surface area contributed by atoms with Crippen molar-refractivity contribution in [3.05, 3.63) is 93.6 Å². The van der Waals surface area contributed by atoms with Gasteiger partial charge in [0.25, 0.3) is 0 Å². The zero-order valence-corrected chi connectivity index (χ0v) is 21.7. The summed E-state index contributed by atoms with van der Waals surface area (Å²) >= 11 is 8.52. The first kappa shape index (κ1) is 23.1. The first-order valence-electron chi connectivity index (χ1n) is 11.4. The standard InChI is InChI=1S/C27H22BrN3O4S/c1-35-18-9-4-14(5-10-18)24-23-20(19-12-16(28)6-11-21(19)29-23)13-22-25(32)30(27(36)31(22)24)17-7-2-15(3-8-17)26(33)34/h2-12,22,24,27,29,36H,13H2,1H3,(H,33,34). The summed E-state index contributed by atoms with van der Waals surface area (Å²) in [5.41, 5.74) is 4.43. The van der Waals surface area contributed by atoms with E-state index < -0.39 is 17.5 Å². The van der Waals surface area contributed by atoms with Crippen molar-refractivity contribution < 1.29 is 19.4 Å². The Morgan fingerprint density at radius 3 is 2.50 bits per heavy atom. The molecule has 7 nitrogen and oxygen atoms in total. The van der Waals surface area contributed by atoms with E-state index in [-0.39, 0.29) is 17.5 Å². The van der Waals surface area contributed by atoms with Crippen LogP contribution in [0.3, 0.4) is 0 Å². The van der Waals surface area contributed by atoms with Gasteiger partial charge in [-0.3, -0.25) is 9.69 Å². The van der Waals surface area contributed by atoms with Crippen LogP contribution in [0.1, 0.15) is 33.2 Å². The van der Waals surface area contributed by atoms with Crippen molar-refractivity contribution >= 4 is 57.0 Å². The number of fused-ring (bicyclic) bond motifs is 4. The van der Waals surface area contributed by atoms with Gasteiger partial charge < -0.3 is 14.8 Å². The summed E-state index contributed by atoms with van der Waals surface area (Å²) in [5, 5.41) is 10.4. The number of thiol groups is 1. The number of rotatable bonds is 4. The summed E-state index contributed by atoms with van der Waals surface area (Å²) in [7, 11) is 1.63. The number of ether oxygens (including phenoxy) is 1. The Balaban J connectivity index is 1.49. The lowest BCUT2D eigenvalue weighted by Gasteiger charge is -2.38. The number of nitrogens with one attached hydrogen (secondary N) is 1. The third-order valence-electron chi connectivity index (χ3n) is 7.07. The summed E-state index contributed by atoms with van der Waals surface area (Å²) < 4.78 is 6.34. The van der Waals surface area contributed by atoms with Crippen molar-refractivity contribution in [2.24, 2.45) is 0 Å². The van der Waals surface area contributed by atoms with Crippen molar-refractivity contribution in [2.45, 2.75) is 24.0 Å². The minimum atomic E-state index is -1.01. The number of hydrogen-bond acceptors (Lipinski definition) is 5. The molecular formula is C27H22BrN3O4S. The molecule has 2 aliphatic rings. The Bertz CT molecular complexity index is 1500. The number of benzene rings is 3. The zero-order chi connectivity index (χ0) is 25.1. The number of aromatic nitrogens is 1. The summed E-state index contributed by atoms with van der Waals surface area (Å²) in [4.78, 5) is 32.6. The van der Waals surface area contributed by atoms with Crippen LogP contribution in [0.2, 0.25) is 0 Å². The molecule has 6 rings (SSSR count). The van der Waals surface area contributed by atoms with E-state index in [1.165, 1.54) is 12.1 Å². The molecule has 3 atom stereocenters. The predicted molar refractivity (Wildman–Crippen MR) is 144 cm³/mol. The molecule has 1 amide bonds. The summed E-state index contributed by atoms with van der Waals surface area (Å²) in [5.74, 6) is -0.316. The molecule has 1 aromatic heterocycles. The Hall–Kier alpha value is -3.27. The second-order valence-corrected chi connectivity index (χ2v) is 10.3. The number of halogens is 1. The van der Waals surface area contributed by atoms with Crippen LogP contribution in [0.5, 0.6) is 5.75 Å². The SMILES string of the molecule is COc1ccc(C2c3[nH]c4ccc(Br)cc4c3CC3C(=O)N(c4ccc(C(=O)O)cc4)C(S)N32)cc1. The van der Waals surface area contributed by atoms with Gasteiger partial charge in [-0.25, -0.2) is 9.69 Å². The van der Waals surface area contributed by atoms with Crippen LogP contribution in [0.25, 0.3) is 10.9 Å². The minimum absolute atomic E-state index is 0.0633. The van der Waals surface area contributed by atoms with Crippen molar-refractivity contribution in [1.29, 1.82) is 0 Å². The molecule has 2 aliphatic heterocycles. The highest BCUT2D eigenvalue weighted by Crippen LogP contribution is 2.47. The lowest BCUT2D eigenvalue weighted by atomic mass is 9.89. The number of anilines is 1. The van der Waals surface area contributed by atoms with Crippen LogP contribution in [0.15, 0.2) is 71.2 Å². The van der Waals surface area contributed by atoms with Crippen molar-refractivity contribution in [3.63, 3.8) is 0 Å². The highest BCUT2D eigenvalue weighted by Gasteiger charge is 2.52. The molecule has 0 bridgehead atoms. The van der Waals surface area contributed by atoms with Gasteiger partial charge in [0.05, 0.1) is 24.8 Å². The van der Waals surface area contributed by atoms with Gasteiger partial charge in [-0.2, -0.15) is 0 Å². The van der Waals surface area contributed by atoms with E-state index in [1.807, 2.05) is 36.4 Å². The van der Waals surface area contributed by atoms with E-state index in [0.29, 0.717) is 12.1 Å². The summed E-state index contributed by atoms with van der Waals surface area (Å²) in [6, 6.07) is 19.7. The average Bonchev–Trinajstić information content (AvgIpc) is 3.37. The number of hydrogen-bond donors (Lipinski definition) is 3. The third-order valence-corrected chi connectivity index (χ3v) is 8.07. The normalized spacial score (nSPS) is 21.5. The van der Waals surface area contributed by atoms with E-state index in [1.54, 1.807) is 24.1 Å². The van der Waals surface area contributed by atoms with Gasteiger partial charge >= 0.3 is 5.97 Å². The molecule has 2 N–H and O–H groups in total. The fraction of sp³-hybridized carbons (Fsp3) is 0.185. The molecule has 1 fully saturated rings. The number of amides is 1. The first-order valence-corrected chi connectivity index (χ1v) is 12.7. The second kappa shape index (κ2) is 8.69. The first-order chi connectivity index (χ1) is 17.4. The Morgan fingerprint density at radius 1 is 1.11 bits per heavy atom. The van der Waals surface area contributed by atoms with E-state index in [4.69, 9.17) is 17.4 Å². The number of carboxylic acid groups (broad SMARTS) is 1. The average molecular weight is 564 g/mol. The number of nitrogens with zero attached hydrogens (tertiary/aromatic N) is 2. The van der Waals surface area contributed by atoms with Crippen LogP contribution in [-0.4, -0.2) is 45.5 Å². The minimum Gasteiger partial charge on any atom is -0.497 e. The molecule has 3 aromatic carbocycles. The maximum atomic E-state index is 13.9. The molecule has 3 heterocycles. The number of H-pyrrole nitrogens is 1. The number of carbonyl (C=O) groups is 2. The van der Waals surface area contributed by atoms with Crippen LogP contribution in [0.4, 0.5) is 5.69 Å². The van der Waals surface area contributed by atoms with Crippen molar-refractivity contribution in [2.75, 3.05) is 12.0 Å². The molecule has 3 unspecified atom stereocenters. The lowest BCUT2D eigenvalue weighted by molar-refractivity contribution is -0.120. The van der Waals surface area contributed by atoms with Gasteiger partial charge in [-0.15, -0.1) is 12.6 Å². The molecule has 4 aromatic rings. The van der Waals surface area contributed by atoms with E-state index in [2.05, 4.69) is 31.9 Å². The maximum Gasteiger partial charge on any atom is 0.335 e. The molecular weight excluding hydrogens is 542 g/mol. The third kappa shape index (κ3) is 3.53. The number of aromatic carboxylic acids is 1. The van der Waals surface area contributed by atoms with E-state index in [0.717, 1.165) is 37.9 Å². The monoisotopic (exact) mass is 563 g/mol. The smallest absolute Gasteiger partial charge is 0.335 e. The van der Waals surface area contributed by atoms with E-state index >= 15 is 0 Å². The molecule has 1 saturated heterocycles. The number of carbonyl (C=O) groups excluding carboxylic acids is 1. The summed E-state index contributed by atoms with van der Waals surface area (Å²) in [6.45, 7) is 0. The zero-order valence-electron chi connectivity index (χ0n) is 19.2. The fourth-order valence-electron chi connectivity index (χ4n) is 5.39. The summed E-state index contributed by atoms with van der Waals surface area (Å²) in [6.07, 6.45) is 0.540. The van der Waals surface area contributed by atoms with Gasteiger partial charge in [0.15, 0.2) is 0 Å². The predicted octanol–water partition coefficient (Wildman–Crippen LogP) is 5.21. The van der Waals surface area contributed by atoms with Crippen LogP contribution in [-0.2, 0) is 11.2 Å². The topological polar surface area (TPSA) is 85.9 Å². The second-order valence-electron chi connectivity index (χ2n) is 8.96. The van der Waals surface area contributed by atoms with Gasteiger partial charge in [0, 0.05) is 26.8 Å². The van der Waals surface area contributed by atoms with Gasteiger partial charge in [0.2, 0.25) is 5.91 Å².